The molecule has 1 aliphatic carbocycles. The van der Waals surface area contributed by atoms with Gasteiger partial charge in [-0.05, 0) is 49.1 Å². The van der Waals surface area contributed by atoms with Gasteiger partial charge in [0, 0.05) is 10.5 Å². The molecule has 1 fully saturated rings. The quantitative estimate of drug-likeness (QED) is 0.683. The lowest BCUT2D eigenvalue weighted by Crippen LogP contribution is -2.27. The average Bonchev–Trinajstić information content (AvgIpc) is 2.36. The zero-order chi connectivity index (χ0) is 15.5. The summed E-state index contributed by atoms with van der Waals surface area (Å²) >= 11 is 3.41. The number of halogens is 4. The summed E-state index contributed by atoms with van der Waals surface area (Å²) in [4.78, 5) is 0. The molecule has 0 heterocycles. The van der Waals surface area contributed by atoms with Crippen LogP contribution in [0.25, 0.3) is 0 Å². The number of rotatable bonds is 6. The predicted molar refractivity (Wildman–Crippen MR) is 82.1 cm³/mol. The molecule has 1 nitrogen and oxygen atoms in total. The molecule has 0 spiro atoms. The van der Waals surface area contributed by atoms with E-state index < -0.39 is 11.7 Å². The molecule has 1 aromatic rings. The van der Waals surface area contributed by atoms with Crippen molar-refractivity contribution in [2.75, 3.05) is 6.54 Å². The highest BCUT2D eigenvalue weighted by atomic mass is 79.9. The Balaban J connectivity index is 2.23. The van der Waals surface area contributed by atoms with Crippen molar-refractivity contribution >= 4 is 15.9 Å². The van der Waals surface area contributed by atoms with E-state index in [2.05, 4.69) is 28.2 Å². The van der Waals surface area contributed by atoms with Crippen molar-refractivity contribution in [3.8, 4) is 0 Å². The highest BCUT2D eigenvalue weighted by Crippen LogP contribution is 2.39. The van der Waals surface area contributed by atoms with Crippen LogP contribution < -0.4 is 5.32 Å². The van der Waals surface area contributed by atoms with E-state index in [0.29, 0.717) is 5.92 Å². The third-order valence-electron chi connectivity index (χ3n) is 4.13. The molecule has 1 aliphatic rings. The second kappa shape index (κ2) is 7.14. The molecule has 2 rings (SSSR count). The Kier molecular flexibility index (Phi) is 5.72. The van der Waals surface area contributed by atoms with E-state index in [9.17, 15) is 13.2 Å². The maximum atomic E-state index is 12.9. The van der Waals surface area contributed by atoms with Crippen LogP contribution in [0.3, 0.4) is 0 Å². The summed E-state index contributed by atoms with van der Waals surface area (Å²) < 4.78 is 39.5. The molecular formula is C16H21BrF3N. The van der Waals surface area contributed by atoms with Crippen LogP contribution in [0, 0.1) is 5.92 Å². The predicted octanol–water partition coefficient (Wildman–Crippen LogP) is 5.70. The van der Waals surface area contributed by atoms with Gasteiger partial charge in [-0.2, -0.15) is 13.2 Å². The first-order valence-corrected chi connectivity index (χ1v) is 8.31. The smallest absolute Gasteiger partial charge is 0.310 e. The van der Waals surface area contributed by atoms with E-state index in [1.54, 1.807) is 0 Å². The molecule has 0 radical (unpaired) electrons. The van der Waals surface area contributed by atoms with E-state index >= 15 is 0 Å². The van der Waals surface area contributed by atoms with E-state index in [0.717, 1.165) is 35.5 Å². The average molecular weight is 364 g/mol. The number of alkyl halides is 3. The largest absolute Gasteiger partial charge is 0.416 e. The Morgan fingerprint density at radius 1 is 1.33 bits per heavy atom. The fraction of sp³-hybridized carbons (Fsp3) is 0.625. The van der Waals surface area contributed by atoms with E-state index in [-0.39, 0.29) is 6.04 Å². The minimum absolute atomic E-state index is 0.00748. The molecule has 1 aromatic carbocycles. The van der Waals surface area contributed by atoms with Crippen LogP contribution in [0.5, 0.6) is 0 Å². The molecule has 21 heavy (non-hydrogen) atoms. The van der Waals surface area contributed by atoms with Crippen LogP contribution in [-0.4, -0.2) is 6.54 Å². The molecule has 0 amide bonds. The summed E-state index contributed by atoms with van der Waals surface area (Å²) in [6.45, 7) is 2.88. The summed E-state index contributed by atoms with van der Waals surface area (Å²) in [6.07, 6.45) is 1.23. The zero-order valence-electron chi connectivity index (χ0n) is 12.1. The lowest BCUT2D eigenvalue weighted by atomic mass is 9.79. The van der Waals surface area contributed by atoms with Crippen molar-refractivity contribution in [3.05, 3.63) is 33.8 Å². The van der Waals surface area contributed by atoms with E-state index in [4.69, 9.17) is 0 Å². The van der Waals surface area contributed by atoms with Crippen molar-refractivity contribution in [2.45, 2.75) is 51.2 Å². The maximum Gasteiger partial charge on any atom is 0.416 e. The summed E-state index contributed by atoms with van der Waals surface area (Å²) in [5.41, 5.74) is 0.155. The first-order chi connectivity index (χ1) is 9.91. The van der Waals surface area contributed by atoms with Gasteiger partial charge in [-0.3, -0.25) is 0 Å². The molecule has 1 atom stereocenters. The minimum atomic E-state index is -4.29. The summed E-state index contributed by atoms with van der Waals surface area (Å²) in [5.74, 6) is 0.640. The second-order valence-corrected chi connectivity index (χ2v) is 6.63. The fourth-order valence-corrected chi connectivity index (χ4v) is 3.21. The normalized spacial score (nSPS) is 17.6. The Morgan fingerprint density at radius 3 is 2.57 bits per heavy atom. The fourth-order valence-electron chi connectivity index (χ4n) is 2.69. The van der Waals surface area contributed by atoms with Crippen LogP contribution in [0.1, 0.15) is 56.2 Å². The van der Waals surface area contributed by atoms with Crippen LogP contribution in [0.15, 0.2) is 22.7 Å². The standard InChI is InChI=1S/C16H21BrF3N/c1-2-8-21-15(9-11-4-3-5-11)13-10-12(16(18,19)20)6-7-14(13)17/h6-7,10-11,15,21H,2-5,8-9H2,1H3. The van der Waals surface area contributed by atoms with Crippen molar-refractivity contribution in [1.82, 2.24) is 5.32 Å². The van der Waals surface area contributed by atoms with Gasteiger partial charge in [0.15, 0.2) is 0 Å². The topological polar surface area (TPSA) is 12.0 Å². The van der Waals surface area contributed by atoms with Gasteiger partial charge >= 0.3 is 6.18 Å². The lowest BCUT2D eigenvalue weighted by molar-refractivity contribution is -0.137. The minimum Gasteiger partial charge on any atom is -0.310 e. The summed E-state index contributed by atoms with van der Waals surface area (Å²) in [7, 11) is 0. The Bertz CT molecular complexity index is 469. The van der Waals surface area contributed by atoms with Crippen molar-refractivity contribution in [2.24, 2.45) is 5.92 Å². The molecule has 0 aliphatic heterocycles. The number of hydrogen-bond donors (Lipinski definition) is 1. The third-order valence-corrected chi connectivity index (χ3v) is 4.86. The van der Waals surface area contributed by atoms with Crippen molar-refractivity contribution in [1.29, 1.82) is 0 Å². The number of benzene rings is 1. The highest BCUT2D eigenvalue weighted by molar-refractivity contribution is 9.10. The zero-order valence-corrected chi connectivity index (χ0v) is 13.7. The first-order valence-electron chi connectivity index (χ1n) is 7.51. The van der Waals surface area contributed by atoms with Crippen LogP contribution in [0.2, 0.25) is 0 Å². The highest BCUT2D eigenvalue weighted by Gasteiger charge is 2.32. The number of hydrogen-bond acceptors (Lipinski definition) is 1. The van der Waals surface area contributed by atoms with Gasteiger partial charge in [0.1, 0.15) is 0 Å². The van der Waals surface area contributed by atoms with E-state index in [1.807, 2.05) is 0 Å². The molecular weight excluding hydrogens is 343 g/mol. The molecule has 0 saturated heterocycles. The van der Waals surface area contributed by atoms with Gasteiger partial charge in [0.2, 0.25) is 0 Å². The molecule has 0 aromatic heterocycles. The third kappa shape index (κ3) is 4.46. The van der Waals surface area contributed by atoms with Gasteiger partial charge in [0.05, 0.1) is 5.56 Å². The Hall–Kier alpha value is -0.550. The SMILES string of the molecule is CCCNC(CC1CCC1)c1cc(C(F)(F)F)ccc1Br. The second-order valence-electron chi connectivity index (χ2n) is 5.77. The van der Waals surface area contributed by atoms with Crippen LogP contribution in [-0.2, 0) is 6.18 Å². The number of nitrogens with one attached hydrogen (secondary N) is 1. The Labute approximate surface area is 132 Å². The van der Waals surface area contributed by atoms with Crippen LogP contribution >= 0.6 is 15.9 Å². The molecule has 5 heteroatoms. The van der Waals surface area contributed by atoms with Crippen LogP contribution in [0.4, 0.5) is 13.2 Å². The maximum absolute atomic E-state index is 12.9. The van der Waals surface area contributed by atoms with Gasteiger partial charge in [0.25, 0.3) is 0 Å². The monoisotopic (exact) mass is 363 g/mol. The first kappa shape index (κ1) is 16.8. The Morgan fingerprint density at radius 2 is 2.05 bits per heavy atom. The van der Waals surface area contributed by atoms with Crippen molar-refractivity contribution in [3.63, 3.8) is 0 Å². The van der Waals surface area contributed by atoms with Gasteiger partial charge in [-0.1, -0.05) is 42.1 Å². The summed E-state index contributed by atoms with van der Waals surface area (Å²) in [6, 6.07) is 3.93. The molecule has 1 unspecified atom stereocenters. The van der Waals surface area contributed by atoms with Gasteiger partial charge in [-0.25, -0.2) is 0 Å². The van der Waals surface area contributed by atoms with Gasteiger partial charge < -0.3 is 5.32 Å². The molecule has 1 saturated carbocycles. The van der Waals surface area contributed by atoms with Crippen molar-refractivity contribution < 1.29 is 13.2 Å². The van der Waals surface area contributed by atoms with E-state index in [1.165, 1.54) is 31.4 Å². The van der Waals surface area contributed by atoms with Gasteiger partial charge in [-0.15, -0.1) is 0 Å². The molecule has 118 valence electrons. The lowest BCUT2D eigenvalue weighted by Gasteiger charge is -2.31. The molecule has 1 N–H and O–H groups in total. The molecule has 0 bridgehead atoms. The summed E-state index contributed by atoms with van der Waals surface area (Å²) in [5, 5.41) is 3.41.